The maximum atomic E-state index is 10.7. The van der Waals surface area contributed by atoms with E-state index in [1.165, 1.54) is 0 Å². The summed E-state index contributed by atoms with van der Waals surface area (Å²) in [6.07, 6.45) is 1.56. The average molecular weight is 397 g/mol. The standard InChI is InChI=1S/C20H13BrO4/c21-19-10-9-18(24-16-5-1-14(12-22)2-6-16)11-20(19)25-17-7-3-15(13-23)4-8-17/h1-13H. The second-order valence-corrected chi connectivity index (χ2v) is 6.02. The molecule has 0 aliphatic carbocycles. The van der Waals surface area contributed by atoms with Crippen LogP contribution < -0.4 is 9.47 Å². The van der Waals surface area contributed by atoms with E-state index >= 15 is 0 Å². The summed E-state index contributed by atoms with van der Waals surface area (Å²) in [6, 6.07) is 19.0. The molecule has 0 N–H and O–H groups in total. The molecule has 5 heteroatoms. The summed E-state index contributed by atoms with van der Waals surface area (Å²) in [5.41, 5.74) is 1.17. The predicted octanol–water partition coefficient (Wildman–Crippen LogP) is 5.66. The third kappa shape index (κ3) is 4.33. The molecule has 0 fully saturated rings. The number of benzene rings is 3. The molecule has 0 radical (unpaired) electrons. The molecule has 3 aromatic rings. The van der Waals surface area contributed by atoms with Crippen molar-refractivity contribution in [3.05, 3.63) is 82.3 Å². The van der Waals surface area contributed by atoms with Gasteiger partial charge in [0, 0.05) is 17.2 Å². The van der Waals surface area contributed by atoms with E-state index in [0.29, 0.717) is 34.1 Å². The Morgan fingerprint density at radius 1 is 0.640 bits per heavy atom. The molecule has 25 heavy (non-hydrogen) atoms. The maximum Gasteiger partial charge on any atom is 0.150 e. The smallest absolute Gasteiger partial charge is 0.150 e. The fourth-order valence-corrected chi connectivity index (χ4v) is 2.44. The van der Waals surface area contributed by atoms with E-state index in [0.717, 1.165) is 17.0 Å². The van der Waals surface area contributed by atoms with Crippen LogP contribution >= 0.6 is 15.9 Å². The highest BCUT2D eigenvalue weighted by molar-refractivity contribution is 9.10. The van der Waals surface area contributed by atoms with Crippen molar-refractivity contribution in [3.63, 3.8) is 0 Å². The van der Waals surface area contributed by atoms with E-state index in [9.17, 15) is 9.59 Å². The van der Waals surface area contributed by atoms with Gasteiger partial charge in [-0.3, -0.25) is 9.59 Å². The highest BCUT2D eigenvalue weighted by atomic mass is 79.9. The molecule has 0 heterocycles. The Bertz CT molecular complexity index is 887. The van der Waals surface area contributed by atoms with Crippen molar-refractivity contribution in [2.45, 2.75) is 0 Å². The van der Waals surface area contributed by atoms with E-state index in [-0.39, 0.29) is 0 Å². The Balaban J connectivity index is 1.78. The molecule has 3 rings (SSSR count). The van der Waals surface area contributed by atoms with Gasteiger partial charge in [0.1, 0.15) is 35.6 Å². The Labute approximate surface area is 153 Å². The minimum Gasteiger partial charge on any atom is -0.457 e. The van der Waals surface area contributed by atoms with Crippen LogP contribution in [-0.4, -0.2) is 12.6 Å². The van der Waals surface area contributed by atoms with Crippen molar-refractivity contribution in [2.24, 2.45) is 0 Å². The van der Waals surface area contributed by atoms with Crippen LogP contribution in [0.5, 0.6) is 23.0 Å². The van der Waals surface area contributed by atoms with Crippen LogP contribution in [0.4, 0.5) is 0 Å². The van der Waals surface area contributed by atoms with Crippen LogP contribution in [0.1, 0.15) is 20.7 Å². The molecule has 0 atom stereocenters. The van der Waals surface area contributed by atoms with E-state index < -0.39 is 0 Å². The number of hydrogen-bond acceptors (Lipinski definition) is 4. The topological polar surface area (TPSA) is 52.6 Å². The summed E-state index contributed by atoms with van der Waals surface area (Å²) in [5, 5.41) is 0. The first-order valence-corrected chi connectivity index (χ1v) is 8.23. The number of carbonyl (C=O) groups is 2. The largest absolute Gasteiger partial charge is 0.457 e. The molecular weight excluding hydrogens is 384 g/mol. The molecule has 0 amide bonds. The molecule has 124 valence electrons. The summed E-state index contributed by atoms with van der Waals surface area (Å²) in [7, 11) is 0. The van der Waals surface area contributed by atoms with Crippen molar-refractivity contribution in [1.82, 2.24) is 0 Å². The average Bonchev–Trinajstić information content (AvgIpc) is 2.66. The zero-order valence-electron chi connectivity index (χ0n) is 13.0. The molecule has 0 bridgehead atoms. The first-order valence-electron chi connectivity index (χ1n) is 7.44. The molecular formula is C20H13BrO4. The summed E-state index contributed by atoms with van der Waals surface area (Å²) < 4.78 is 12.4. The number of rotatable bonds is 6. The van der Waals surface area contributed by atoms with Crippen LogP contribution in [0.15, 0.2) is 71.2 Å². The molecule has 0 saturated carbocycles. The van der Waals surface area contributed by atoms with Gasteiger partial charge in [-0.25, -0.2) is 0 Å². The zero-order chi connectivity index (χ0) is 17.6. The molecule has 0 saturated heterocycles. The van der Waals surface area contributed by atoms with Gasteiger partial charge in [0.2, 0.25) is 0 Å². The fourth-order valence-electron chi connectivity index (χ4n) is 2.12. The molecule has 0 aliphatic rings. The summed E-state index contributed by atoms with van der Waals surface area (Å²) in [4.78, 5) is 21.4. The van der Waals surface area contributed by atoms with Crippen LogP contribution in [-0.2, 0) is 0 Å². The number of ether oxygens (including phenoxy) is 2. The lowest BCUT2D eigenvalue weighted by Crippen LogP contribution is -1.89. The van der Waals surface area contributed by atoms with Gasteiger partial charge in [-0.15, -0.1) is 0 Å². The van der Waals surface area contributed by atoms with Gasteiger partial charge in [0.05, 0.1) is 4.47 Å². The molecule has 0 spiro atoms. The fraction of sp³-hybridized carbons (Fsp3) is 0. The minimum atomic E-state index is 0.584. The Hall–Kier alpha value is -2.92. The second-order valence-electron chi connectivity index (χ2n) is 5.17. The highest BCUT2D eigenvalue weighted by Gasteiger charge is 2.07. The molecule has 3 aromatic carbocycles. The first-order chi connectivity index (χ1) is 12.2. The van der Waals surface area contributed by atoms with Gasteiger partial charge in [-0.05, 0) is 76.6 Å². The third-order valence-electron chi connectivity index (χ3n) is 3.40. The predicted molar refractivity (Wildman–Crippen MR) is 97.9 cm³/mol. The van der Waals surface area contributed by atoms with Gasteiger partial charge in [-0.2, -0.15) is 0 Å². The van der Waals surface area contributed by atoms with Crippen LogP contribution in [0.3, 0.4) is 0 Å². The van der Waals surface area contributed by atoms with Crippen LogP contribution in [0.2, 0.25) is 0 Å². The maximum absolute atomic E-state index is 10.7. The second kappa shape index (κ2) is 7.77. The quantitative estimate of drug-likeness (QED) is 0.504. The lowest BCUT2D eigenvalue weighted by molar-refractivity contribution is 0.111. The van der Waals surface area contributed by atoms with Crippen LogP contribution in [0.25, 0.3) is 0 Å². The third-order valence-corrected chi connectivity index (χ3v) is 4.05. The number of carbonyl (C=O) groups excluding carboxylic acids is 2. The number of hydrogen-bond donors (Lipinski definition) is 0. The van der Waals surface area contributed by atoms with E-state index in [2.05, 4.69) is 15.9 Å². The van der Waals surface area contributed by atoms with Crippen molar-refractivity contribution in [3.8, 4) is 23.0 Å². The molecule has 4 nitrogen and oxygen atoms in total. The number of aldehydes is 2. The lowest BCUT2D eigenvalue weighted by Gasteiger charge is -2.11. The lowest BCUT2D eigenvalue weighted by atomic mass is 10.2. The first kappa shape index (κ1) is 16.9. The summed E-state index contributed by atoms with van der Waals surface area (Å²) in [6.45, 7) is 0. The zero-order valence-corrected chi connectivity index (χ0v) is 14.6. The van der Waals surface area contributed by atoms with Gasteiger partial charge >= 0.3 is 0 Å². The minimum absolute atomic E-state index is 0.584. The van der Waals surface area contributed by atoms with Gasteiger partial charge in [0.15, 0.2) is 0 Å². The monoisotopic (exact) mass is 396 g/mol. The SMILES string of the molecule is O=Cc1ccc(Oc2ccc(Br)c(Oc3ccc(C=O)cc3)c2)cc1. The van der Waals surface area contributed by atoms with Crippen molar-refractivity contribution in [2.75, 3.05) is 0 Å². The van der Waals surface area contributed by atoms with Gasteiger partial charge in [0.25, 0.3) is 0 Å². The highest BCUT2D eigenvalue weighted by Crippen LogP contribution is 2.34. The summed E-state index contributed by atoms with van der Waals surface area (Å²) >= 11 is 3.44. The Morgan fingerprint density at radius 2 is 1.12 bits per heavy atom. The number of halogens is 1. The molecule has 0 aliphatic heterocycles. The van der Waals surface area contributed by atoms with E-state index in [1.54, 1.807) is 60.7 Å². The van der Waals surface area contributed by atoms with Crippen LogP contribution in [0, 0.1) is 0 Å². The van der Waals surface area contributed by atoms with Crippen molar-refractivity contribution >= 4 is 28.5 Å². The van der Waals surface area contributed by atoms with Crippen molar-refractivity contribution in [1.29, 1.82) is 0 Å². The normalized spacial score (nSPS) is 10.1. The van der Waals surface area contributed by atoms with E-state index in [1.807, 2.05) is 6.07 Å². The van der Waals surface area contributed by atoms with Crippen molar-refractivity contribution < 1.29 is 19.1 Å². The molecule has 0 unspecified atom stereocenters. The Kier molecular flexibility index (Phi) is 5.26. The van der Waals surface area contributed by atoms with Gasteiger partial charge in [-0.1, -0.05) is 0 Å². The molecule has 0 aromatic heterocycles. The van der Waals surface area contributed by atoms with Gasteiger partial charge < -0.3 is 9.47 Å². The Morgan fingerprint density at radius 3 is 1.64 bits per heavy atom. The summed E-state index contributed by atoms with van der Waals surface area (Å²) in [5.74, 6) is 2.41. The van der Waals surface area contributed by atoms with E-state index in [4.69, 9.17) is 9.47 Å².